The Bertz CT molecular complexity index is 858. The summed E-state index contributed by atoms with van der Waals surface area (Å²) >= 11 is 0. The van der Waals surface area contributed by atoms with E-state index in [1.807, 2.05) is 13.8 Å². The van der Waals surface area contributed by atoms with E-state index >= 15 is 0 Å². The lowest BCUT2D eigenvalue weighted by Crippen LogP contribution is -2.53. The monoisotopic (exact) mass is 384 g/mol. The first-order chi connectivity index (χ1) is 13.3. The van der Waals surface area contributed by atoms with E-state index in [1.165, 1.54) is 7.11 Å². The second-order valence-electron chi connectivity index (χ2n) is 7.22. The van der Waals surface area contributed by atoms with Gasteiger partial charge in [0.2, 0.25) is 0 Å². The summed E-state index contributed by atoms with van der Waals surface area (Å²) in [5, 5.41) is 21.9. The number of carbonyl (C=O) groups is 2. The minimum Gasteiger partial charge on any atom is -0.382 e. The minimum atomic E-state index is -2.09. The smallest absolute Gasteiger partial charge is 0.197 e. The average Bonchev–Trinajstić information content (AvgIpc) is 3.05. The van der Waals surface area contributed by atoms with Crippen LogP contribution in [0.25, 0.3) is 0 Å². The van der Waals surface area contributed by atoms with Gasteiger partial charge < -0.3 is 19.7 Å². The number of carbonyl (C=O) groups excluding carboxylic acids is 2. The van der Waals surface area contributed by atoms with Crippen molar-refractivity contribution in [3.05, 3.63) is 70.8 Å². The average molecular weight is 384 g/mol. The van der Waals surface area contributed by atoms with E-state index < -0.39 is 35.7 Å². The summed E-state index contributed by atoms with van der Waals surface area (Å²) in [6.07, 6.45) is -4.26. The highest BCUT2D eigenvalue weighted by atomic mass is 16.7. The van der Waals surface area contributed by atoms with Crippen molar-refractivity contribution in [3.63, 3.8) is 0 Å². The van der Waals surface area contributed by atoms with Crippen LogP contribution in [0.15, 0.2) is 48.5 Å². The molecule has 1 saturated heterocycles. The van der Waals surface area contributed by atoms with Crippen LogP contribution in [-0.4, -0.2) is 53.0 Å². The Hall–Kier alpha value is -2.38. The molecular weight excluding hydrogens is 360 g/mol. The number of aryl methyl sites for hydroxylation is 2. The highest BCUT2D eigenvalue weighted by Crippen LogP contribution is 2.36. The molecule has 1 aliphatic rings. The number of aliphatic hydroxyl groups is 2. The molecule has 28 heavy (non-hydrogen) atoms. The first-order valence-corrected chi connectivity index (χ1v) is 9.07. The molecule has 0 aliphatic carbocycles. The maximum atomic E-state index is 13.1. The van der Waals surface area contributed by atoms with Gasteiger partial charge in [0.1, 0.15) is 12.2 Å². The zero-order valence-corrected chi connectivity index (χ0v) is 16.1. The lowest BCUT2D eigenvalue weighted by atomic mass is 9.82. The third-order valence-corrected chi connectivity index (χ3v) is 5.11. The number of hydrogen-bond donors (Lipinski definition) is 2. The largest absolute Gasteiger partial charge is 0.382 e. The van der Waals surface area contributed by atoms with Crippen LogP contribution in [0.5, 0.6) is 0 Å². The first-order valence-electron chi connectivity index (χ1n) is 9.07. The van der Waals surface area contributed by atoms with E-state index in [-0.39, 0.29) is 17.5 Å². The molecular formula is C22H24O6. The van der Waals surface area contributed by atoms with Crippen molar-refractivity contribution in [2.75, 3.05) is 7.11 Å². The van der Waals surface area contributed by atoms with Crippen LogP contribution >= 0.6 is 0 Å². The van der Waals surface area contributed by atoms with Gasteiger partial charge in [-0.15, -0.1) is 0 Å². The second kappa shape index (κ2) is 7.93. The normalized spacial score (nSPS) is 25.5. The van der Waals surface area contributed by atoms with Crippen LogP contribution in [0.3, 0.4) is 0 Å². The van der Waals surface area contributed by atoms with Crippen molar-refractivity contribution in [2.45, 2.75) is 44.4 Å². The summed E-state index contributed by atoms with van der Waals surface area (Å²) in [6.45, 7) is 3.77. The number of aliphatic hydroxyl groups excluding tert-OH is 1. The number of ether oxygens (including phenoxy) is 2. The van der Waals surface area contributed by atoms with E-state index in [1.54, 1.807) is 48.5 Å². The molecule has 2 aromatic carbocycles. The Kier molecular flexibility index (Phi) is 5.76. The predicted molar refractivity (Wildman–Crippen MR) is 102 cm³/mol. The Labute approximate surface area is 163 Å². The van der Waals surface area contributed by atoms with Crippen LogP contribution in [0.1, 0.15) is 38.3 Å². The molecule has 1 heterocycles. The lowest BCUT2D eigenvalue weighted by molar-refractivity contribution is -0.143. The maximum absolute atomic E-state index is 13.1. The van der Waals surface area contributed by atoms with Gasteiger partial charge in [0.25, 0.3) is 0 Å². The molecule has 2 unspecified atom stereocenters. The zero-order chi connectivity index (χ0) is 20.5. The molecule has 6 heteroatoms. The third kappa shape index (κ3) is 3.77. The van der Waals surface area contributed by atoms with Gasteiger partial charge in [-0.05, 0) is 13.8 Å². The Balaban J connectivity index is 1.92. The molecule has 0 saturated carbocycles. The van der Waals surface area contributed by atoms with Gasteiger partial charge in [-0.25, -0.2) is 0 Å². The van der Waals surface area contributed by atoms with Gasteiger partial charge in [0.05, 0.1) is 0 Å². The Morgan fingerprint density at radius 1 is 1.04 bits per heavy atom. The van der Waals surface area contributed by atoms with E-state index in [4.69, 9.17) is 9.47 Å². The quantitative estimate of drug-likeness (QED) is 0.742. The van der Waals surface area contributed by atoms with Gasteiger partial charge in [-0.2, -0.15) is 0 Å². The lowest BCUT2D eigenvalue weighted by Gasteiger charge is -2.29. The molecule has 0 bridgehead atoms. The van der Waals surface area contributed by atoms with Crippen LogP contribution in [0.4, 0.5) is 0 Å². The first kappa shape index (κ1) is 20.4. The molecule has 0 spiro atoms. The van der Waals surface area contributed by atoms with Crippen molar-refractivity contribution < 1.29 is 29.3 Å². The maximum Gasteiger partial charge on any atom is 0.197 e. The fraction of sp³-hybridized carbons (Fsp3) is 0.364. The summed E-state index contributed by atoms with van der Waals surface area (Å²) in [4.78, 5) is 25.8. The van der Waals surface area contributed by atoms with Gasteiger partial charge in [0, 0.05) is 24.7 Å². The molecule has 4 atom stereocenters. The van der Waals surface area contributed by atoms with E-state index in [9.17, 15) is 19.8 Å². The summed E-state index contributed by atoms with van der Waals surface area (Å²) in [7, 11) is 1.37. The number of methoxy groups -OCH3 is 1. The third-order valence-electron chi connectivity index (χ3n) is 5.11. The van der Waals surface area contributed by atoms with Crippen molar-refractivity contribution in [2.24, 2.45) is 0 Å². The topological polar surface area (TPSA) is 93.1 Å². The Morgan fingerprint density at radius 2 is 1.54 bits per heavy atom. The van der Waals surface area contributed by atoms with Crippen LogP contribution in [0, 0.1) is 13.8 Å². The van der Waals surface area contributed by atoms with E-state index in [0.717, 1.165) is 11.1 Å². The van der Waals surface area contributed by atoms with Crippen molar-refractivity contribution >= 4 is 11.6 Å². The van der Waals surface area contributed by atoms with Crippen molar-refractivity contribution in [1.29, 1.82) is 0 Å². The number of hydrogen-bond acceptors (Lipinski definition) is 6. The zero-order valence-electron chi connectivity index (χ0n) is 16.1. The molecule has 3 rings (SSSR count). The molecule has 2 N–H and O–H groups in total. The number of ketones is 2. The summed E-state index contributed by atoms with van der Waals surface area (Å²) in [5.74, 6) is -1.25. The van der Waals surface area contributed by atoms with Crippen molar-refractivity contribution in [3.8, 4) is 0 Å². The van der Waals surface area contributed by atoms with Gasteiger partial charge >= 0.3 is 0 Å². The van der Waals surface area contributed by atoms with Gasteiger partial charge in [-0.1, -0.05) is 59.7 Å². The molecule has 0 aromatic heterocycles. The van der Waals surface area contributed by atoms with Gasteiger partial charge in [0.15, 0.2) is 23.5 Å². The predicted octanol–water partition coefficient (Wildman–Crippen LogP) is 2.22. The fourth-order valence-corrected chi connectivity index (χ4v) is 3.37. The molecule has 0 radical (unpaired) electrons. The number of rotatable bonds is 6. The number of Topliss-reactive ketones (excluding diaryl/α,β-unsaturated/α-hetero) is 2. The second-order valence-corrected chi connectivity index (χ2v) is 7.22. The molecule has 1 fully saturated rings. The molecule has 2 aromatic rings. The number of benzene rings is 2. The van der Waals surface area contributed by atoms with E-state index in [0.29, 0.717) is 0 Å². The SMILES string of the molecule is COC1C[C@](O)(C(=O)c2ccc(C)cc2)[C@H](C(O)C(=O)c2ccc(C)cc2)O1. The van der Waals surface area contributed by atoms with Gasteiger partial charge in [-0.3, -0.25) is 9.59 Å². The van der Waals surface area contributed by atoms with E-state index in [2.05, 4.69) is 0 Å². The minimum absolute atomic E-state index is 0.181. The van der Waals surface area contributed by atoms with Crippen molar-refractivity contribution in [1.82, 2.24) is 0 Å². The molecule has 0 amide bonds. The summed E-state index contributed by atoms with van der Waals surface area (Å²) in [6, 6.07) is 13.4. The molecule has 1 aliphatic heterocycles. The fourth-order valence-electron chi connectivity index (χ4n) is 3.37. The summed E-state index contributed by atoms with van der Waals surface area (Å²) < 4.78 is 10.7. The standard InChI is InChI=1S/C22H24O6/c1-13-4-8-15(9-5-13)18(23)19(24)21-22(26,12-17(27-3)28-21)20(25)16-10-6-14(2)7-11-16/h4-11,17,19,21,24,26H,12H2,1-3H3/t17?,19?,21-,22-/m0/s1. The van der Waals surface area contributed by atoms with Crippen LogP contribution in [-0.2, 0) is 9.47 Å². The Morgan fingerprint density at radius 3 is 2.04 bits per heavy atom. The van der Waals surface area contributed by atoms with Crippen LogP contribution < -0.4 is 0 Å². The van der Waals surface area contributed by atoms with Crippen LogP contribution in [0.2, 0.25) is 0 Å². The highest BCUT2D eigenvalue weighted by molar-refractivity contribution is 6.05. The highest BCUT2D eigenvalue weighted by Gasteiger charge is 2.57. The summed E-state index contributed by atoms with van der Waals surface area (Å²) in [5.41, 5.74) is 0.386. The molecule has 148 valence electrons. The molecule has 6 nitrogen and oxygen atoms in total.